The normalized spacial score (nSPS) is 19.9. The topological polar surface area (TPSA) is 48.0 Å². The fraction of sp³-hybridized carbons (Fsp3) is 0.458. The van der Waals surface area contributed by atoms with Gasteiger partial charge < -0.3 is 24.8 Å². The molecule has 0 spiro atoms. The number of hydrogen-bond donors (Lipinski definition) is 1. The Labute approximate surface area is 179 Å². The van der Waals surface area contributed by atoms with Gasteiger partial charge in [-0.15, -0.1) is 0 Å². The molecule has 0 radical (unpaired) electrons. The number of para-hydroxylation sites is 1. The Hall–Kier alpha value is -2.73. The van der Waals surface area contributed by atoms with E-state index in [1.54, 1.807) is 0 Å². The van der Waals surface area contributed by atoms with Crippen LogP contribution in [0.4, 0.5) is 16.2 Å². The zero-order valence-electron chi connectivity index (χ0n) is 18.0. The van der Waals surface area contributed by atoms with Crippen LogP contribution in [0, 0.1) is 0 Å². The molecule has 2 heterocycles. The van der Waals surface area contributed by atoms with Crippen LogP contribution < -0.4 is 15.0 Å². The first-order chi connectivity index (χ1) is 14.6. The molecule has 2 amide bonds. The molecule has 1 atom stereocenters. The van der Waals surface area contributed by atoms with Gasteiger partial charge in [0.1, 0.15) is 11.9 Å². The molecule has 6 nitrogen and oxygen atoms in total. The Morgan fingerprint density at radius 2 is 1.67 bits per heavy atom. The van der Waals surface area contributed by atoms with Crippen LogP contribution in [-0.2, 0) is 0 Å². The average Bonchev–Trinajstić information content (AvgIpc) is 3.26. The highest BCUT2D eigenvalue weighted by Crippen LogP contribution is 2.24. The number of amides is 2. The van der Waals surface area contributed by atoms with E-state index in [0.717, 1.165) is 37.4 Å². The summed E-state index contributed by atoms with van der Waals surface area (Å²) in [4.78, 5) is 19.2. The summed E-state index contributed by atoms with van der Waals surface area (Å²) in [5, 5.41) is 3.04. The van der Waals surface area contributed by atoms with Gasteiger partial charge in [0.05, 0.1) is 0 Å². The number of likely N-dealkylation sites (tertiary alicyclic amines) is 1. The summed E-state index contributed by atoms with van der Waals surface area (Å²) in [6, 6.07) is 18.7. The molecule has 30 heavy (non-hydrogen) atoms. The fourth-order valence-corrected chi connectivity index (χ4v) is 4.22. The number of likely N-dealkylation sites (N-methyl/N-ethyl adjacent to an activating group) is 1. The van der Waals surface area contributed by atoms with Crippen LogP contribution >= 0.6 is 0 Å². The van der Waals surface area contributed by atoms with Crippen LogP contribution in [0.1, 0.15) is 19.3 Å². The first-order valence-electron chi connectivity index (χ1n) is 10.9. The molecule has 0 bridgehead atoms. The van der Waals surface area contributed by atoms with Gasteiger partial charge in [0, 0.05) is 56.4 Å². The number of nitrogens with zero attached hydrogens (tertiary/aromatic N) is 3. The van der Waals surface area contributed by atoms with Crippen molar-refractivity contribution >= 4 is 17.4 Å². The zero-order chi connectivity index (χ0) is 20.9. The summed E-state index contributed by atoms with van der Waals surface area (Å²) in [5.41, 5.74) is 2.06. The lowest BCUT2D eigenvalue weighted by atomic mass is 10.1. The number of hydrogen-bond acceptors (Lipinski definition) is 4. The van der Waals surface area contributed by atoms with Crippen LogP contribution in [0.3, 0.4) is 0 Å². The Bertz CT molecular complexity index is 817. The van der Waals surface area contributed by atoms with E-state index in [0.29, 0.717) is 19.1 Å². The third-order valence-electron chi connectivity index (χ3n) is 6.15. The van der Waals surface area contributed by atoms with Gasteiger partial charge in [-0.3, -0.25) is 0 Å². The molecule has 1 unspecified atom stereocenters. The summed E-state index contributed by atoms with van der Waals surface area (Å²) < 4.78 is 6.02. The first-order valence-corrected chi connectivity index (χ1v) is 10.9. The Morgan fingerprint density at radius 1 is 0.967 bits per heavy atom. The summed E-state index contributed by atoms with van der Waals surface area (Å²) in [6.45, 7) is 3.55. The molecule has 0 aromatic heterocycles. The largest absolute Gasteiger partial charge is 0.490 e. The highest BCUT2D eigenvalue weighted by atomic mass is 16.5. The number of carbonyl (C=O) groups excluding carboxylic acids is 1. The van der Waals surface area contributed by atoms with Crippen molar-refractivity contribution in [2.45, 2.75) is 31.4 Å². The number of urea groups is 1. The zero-order valence-corrected chi connectivity index (χ0v) is 18.0. The Morgan fingerprint density at radius 3 is 2.30 bits per heavy atom. The maximum Gasteiger partial charge on any atom is 0.321 e. The molecule has 0 saturated carbocycles. The van der Waals surface area contributed by atoms with Crippen molar-refractivity contribution in [3.63, 3.8) is 0 Å². The maximum absolute atomic E-state index is 12.6. The van der Waals surface area contributed by atoms with Crippen LogP contribution in [0.25, 0.3) is 0 Å². The molecular formula is C24H32N4O2. The second-order valence-electron chi connectivity index (χ2n) is 8.45. The second kappa shape index (κ2) is 9.39. The van der Waals surface area contributed by atoms with E-state index in [-0.39, 0.29) is 12.1 Å². The van der Waals surface area contributed by atoms with Crippen molar-refractivity contribution in [3.8, 4) is 5.75 Å². The third-order valence-corrected chi connectivity index (χ3v) is 6.15. The summed E-state index contributed by atoms with van der Waals surface area (Å²) >= 11 is 0. The van der Waals surface area contributed by atoms with Crippen molar-refractivity contribution in [3.05, 3.63) is 54.6 Å². The maximum atomic E-state index is 12.6. The van der Waals surface area contributed by atoms with Gasteiger partial charge in [0.15, 0.2) is 0 Å². The van der Waals surface area contributed by atoms with Gasteiger partial charge in [0.25, 0.3) is 0 Å². The summed E-state index contributed by atoms with van der Waals surface area (Å²) in [5.74, 6) is 0.899. The molecule has 2 aromatic carbocycles. The highest BCUT2D eigenvalue weighted by molar-refractivity contribution is 5.89. The quantitative estimate of drug-likeness (QED) is 0.815. The number of rotatable bonds is 5. The van der Waals surface area contributed by atoms with E-state index in [4.69, 9.17) is 4.74 Å². The minimum atomic E-state index is -0.0326. The molecule has 2 aromatic rings. The summed E-state index contributed by atoms with van der Waals surface area (Å²) in [6.07, 6.45) is 3.06. The van der Waals surface area contributed by atoms with Crippen molar-refractivity contribution < 1.29 is 9.53 Å². The van der Waals surface area contributed by atoms with Crippen molar-refractivity contribution in [2.75, 3.05) is 50.5 Å². The monoisotopic (exact) mass is 408 g/mol. The molecule has 6 heteroatoms. The second-order valence-corrected chi connectivity index (χ2v) is 8.45. The molecular weight excluding hydrogens is 376 g/mol. The standard InChI is InChI=1S/C24H32N4O2/c1-26(2)21-12-15-28(18-21)20-10-8-19(9-11-20)25-24(29)27-16-13-23(14-17-27)30-22-6-4-3-5-7-22/h3-11,21,23H,12-18H2,1-2H3,(H,25,29). The number of benzene rings is 2. The molecule has 2 aliphatic rings. The van der Waals surface area contributed by atoms with Crippen LogP contribution in [-0.4, -0.2) is 68.3 Å². The predicted molar refractivity (Wildman–Crippen MR) is 121 cm³/mol. The van der Waals surface area contributed by atoms with Gasteiger partial charge in [0.2, 0.25) is 0 Å². The van der Waals surface area contributed by atoms with Crippen LogP contribution in [0.5, 0.6) is 5.75 Å². The SMILES string of the molecule is CN(C)C1CCN(c2ccc(NC(=O)N3CCC(Oc4ccccc4)CC3)cc2)C1. The average molecular weight is 409 g/mol. The number of ether oxygens (including phenoxy) is 1. The van der Waals surface area contributed by atoms with Crippen LogP contribution in [0.2, 0.25) is 0 Å². The lowest BCUT2D eigenvalue weighted by molar-refractivity contribution is 0.115. The third kappa shape index (κ3) is 5.05. The van der Waals surface area contributed by atoms with Crippen molar-refractivity contribution in [1.29, 1.82) is 0 Å². The predicted octanol–water partition coefficient (Wildman–Crippen LogP) is 3.90. The van der Waals surface area contributed by atoms with E-state index >= 15 is 0 Å². The number of piperidine rings is 1. The number of carbonyl (C=O) groups is 1. The lowest BCUT2D eigenvalue weighted by Gasteiger charge is -2.32. The van der Waals surface area contributed by atoms with E-state index in [1.165, 1.54) is 12.1 Å². The lowest BCUT2D eigenvalue weighted by Crippen LogP contribution is -2.43. The highest BCUT2D eigenvalue weighted by Gasteiger charge is 2.25. The number of anilines is 2. The van der Waals surface area contributed by atoms with Crippen LogP contribution in [0.15, 0.2) is 54.6 Å². The van der Waals surface area contributed by atoms with Gasteiger partial charge in [-0.05, 0) is 56.9 Å². The fourth-order valence-electron chi connectivity index (χ4n) is 4.22. The minimum absolute atomic E-state index is 0.0326. The van der Waals surface area contributed by atoms with Gasteiger partial charge in [-0.25, -0.2) is 4.79 Å². The van der Waals surface area contributed by atoms with Crippen molar-refractivity contribution in [1.82, 2.24) is 9.80 Å². The van der Waals surface area contributed by atoms with Gasteiger partial charge in [-0.1, -0.05) is 18.2 Å². The van der Waals surface area contributed by atoms with E-state index in [9.17, 15) is 4.79 Å². The molecule has 2 fully saturated rings. The summed E-state index contributed by atoms with van der Waals surface area (Å²) in [7, 11) is 4.28. The molecule has 2 saturated heterocycles. The van der Waals surface area contributed by atoms with Gasteiger partial charge in [-0.2, -0.15) is 0 Å². The Kier molecular flexibility index (Phi) is 6.43. The minimum Gasteiger partial charge on any atom is -0.490 e. The van der Waals surface area contributed by atoms with Gasteiger partial charge >= 0.3 is 6.03 Å². The first kappa shape index (κ1) is 20.5. The van der Waals surface area contributed by atoms with E-state index in [2.05, 4.69) is 41.3 Å². The molecule has 0 aliphatic carbocycles. The molecule has 160 valence electrons. The molecule has 4 rings (SSSR count). The van der Waals surface area contributed by atoms with E-state index in [1.807, 2.05) is 47.4 Å². The molecule has 2 aliphatic heterocycles. The smallest absolute Gasteiger partial charge is 0.321 e. The Balaban J connectivity index is 1.24. The molecule has 1 N–H and O–H groups in total. The number of nitrogens with one attached hydrogen (secondary N) is 1. The van der Waals surface area contributed by atoms with Crippen molar-refractivity contribution in [2.24, 2.45) is 0 Å². The van der Waals surface area contributed by atoms with E-state index < -0.39 is 0 Å².